The molecular formula is C25H45N3O5S2. The van der Waals surface area contributed by atoms with Crippen molar-refractivity contribution in [1.82, 2.24) is 10.6 Å². The van der Waals surface area contributed by atoms with Crippen molar-refractivity contribution in [2.45, 2.75) is 44.8 Å². The molecule has 0 fully saturated rings. The number of hydrogen-bond acceptors (Lipinski definition) is 8. The van der Waals surface area contributed by atoms with E-state index in [-0.39, 0.29) is 52.0 Å². The molecule has 1 unspecified atom stereocenters. The van der Waals surface area contributed by atoms with Crippen LogP contribution in [0.5, 0.6) is 5.75 Å². The molecule has 10 heteroatoms. The average molecular weight is 532 g/mol. The Labute approximate surface area is 222 Å². The van der Waals surface area contributed by atoms with Crippen molar-refractivity contribution < 1.29 is 28.1 Å². The van der Waals surface area contributed by atoms with Crippen LogP contribution in [0.2, 0.25) is 0 Å². The number of ether oxygens (including phenoxy) is 3. The highest BCUT2D eigenvalue weighted by molar-refractivity contribution is 8.77. The van der Waals surface area contributed by atoms with Crippen molar-refractivity contribution in [2.24, 2.45) is 11.7 Å². The van der Waals surface area contributed by atoms with Gasteiger partial charge in [-0.2, -0.15) is 0 Å². The number of benzene rings is 1. The summed E-state index contributed by atoms with van der Waals surface area (Å²) < 4.78 is 17.3. The van der Waals surface area contributed by atoms with E-state index in [0.29, 0.717) is 37.6 Å². The van der Waals surface area contributed by atoms with Crippen LogP contribution in [0.25, 0.3) is 0 Å². The molecule has 1 aromatic carbocycles. The van der Waals surface area contributed by atoms with E-state index in [1.165, 1.54) is 0 Å². The van der Waals surface area contributed by atoms with Gasteiger partial charge in [-0.05, 0) is 18.2 Å². The van der Waals surface area contributed by atoms with Crippen molar-refractivity contribution in [2.75, 3.05) is 46.1 Å². The van der Waals surface area contributed by atoms with Crippen molar-refractivity contribution in [1.29, 1.82) is 0 Å². The molecule has 4 N–H and O–H groups in total. The Morgan fingerprint density at radius 1 is 1.20 bits per heavy atom. The predicted molar refractivity (Wildman–Crippen MR) is 151 cm³/mol. The number of nitrogens with two attached hydrogens (primary N) is 1. The van der Waals surface area contributed by atoms with E-state index in [2.05, 4.69) is 43.2 Å². The normalized spacial score (nSPS) is 12.0. The molecule has 0 heterocycles. The second-order valence-corrected chi connectivity index (χ2v) is 12.0. The van der Waals surface area contributed by atoms with Crippen molar-refractivity contribution in [3.8, 4) is 17.6 Å². The molecule has 2 amide bonds. The summed E-state index contributed by atoms with van der Waals surface area (Å²) in [5, 5.41) is 5.44. The molecule has 0 saturated heterocycles. The fourth-order valence-corrected chi connectivity index (χ4v) is 4.53. The molecule has 0 spiro atoms. The van der Waals surface area contributed by atoms with Gasteiger partial charge in [-0.1, -0.05) is 74.1 Å². The molecule has 0 radical (unpaired) electrons. The van der Waals surface area contributed by atoms with Gasteiger partial charge in [0, 0.05) is 33.6 Å². The van der Waals surface area contributed by atoms with E-state index in [1.54, 1.807) is 45.9 Å². The molecule has 8 nitrogen and oxygen atoms in total. The molecular weight excluding hydrogens is 486 g/mol. The maximum Gasteiger partial charge on any atom is 0.251 e. The molecule has 0 bridgehead atoms. The zero-order valence-electron chi connectivity index (χ0n) is 21.3. The Balaban J connectivity index is -0.00000408. The first kappa shape index (κ1) is 31.1. The summed E-state index contributed by atoms with van der Waals surface area (Å²) in [6.45, 7) is 12.3. The Kier molecular flexibility index (Phi) is 15.6. The average Bonchev–Trinajstić information content (AvgIpc) is 2.80. The van der Waals surface area contributed by atoms with Crippen LogP contribution in [0.1, 0.15) is 49.3 Å². The Morgan fingerprint density at radius 3 is 2.66 bits per heavy atom. The second-order valence-electron chi connectivity index (χ2n) is 8.78. The summed E-state index contributed by atoms with van der Waals surface area (Å²) >= 11 is 0. The maximum absolute atomic E-state index is 12.2. The van der Waals surface area contributed by atoms with Crippen LogP contribution in [-0.4, -0.2) is 68.1 Å². The molecule has 0 aliphatic carbocycles. The fourth-order valence-electron chi connectivity index (χ4n) is 2.33. The summed E-state index contributed by atoms with van der Waals surface area (Å²) in [7, 11) is 3.27. The zero-order chi connectivity index (χ0) is 26.1. The maximum atomic E-state index is 12.2. The van der Waals surface area contributed by atoms with Gasteiger partial charge in [-0.15, -0.1) is 0 Å². The van der Waals surface area contributed by atoms with Gasteiger partial charge in [-0.25, -0.2) is 0 Å². The molecule has 1 atom stereocenters. The Hall–Kier alpha value is -1.90. The third-order valence-electron chi connectivity index (χ3n) is 3.85. The van der Waals surface area contributed by atoms with Gasteiger partial charge >= 0.3 is 0 Å². The summed E-state index contributed by atoms with van der Waals surface area (Å²) in [5.41, 5.74) is 5.68. The van der Waals surface area contributed by atoms with Gasteiger partial charge in [-0.3, -0.25) is 9.59 Å². The van der Waals surface area contributed by atoms with Crippen LogP contribution in [0.15, 0.2) is 24.3 Å². The van der Waals surface area contributed by atoms with Gasteiger partial charge in [0.1, 0.15) is 24.4 Å². The quantitative estimate of drug-likeness (QED) is 0.136. The predicted octanol–water partition coefficient (Wildman–Crippen LogP) is 3.81. The SMILES string of the molecule is CC(C)C#CCNC(=O)COCCOC(COc1cccc(C(=O)NCCN)c1)SSC(C)(C)C.[HH].[HH].[HH]. The topological polar surface area (TPSA) is 112 Å². The number of amides is 2. The Bertz CT molecular complexity index is 850. The standard InChI is InChI=1S/C25H39N3O5S2.3H2/c1-19(2)8-7-12-27-22(29)17-31-14-15-32-23(34-35-25(3,4)5)18-33-21-10-6-9-20(16-21)24(30)28-13-11-26;;;/h6,9-10,16,19,23H,11-15,17-18,26H2,1-5H3,(H,27,29)(H,28,30);3*1H. The first-order chi connectivity index (χ1) is 16.6. The zero-order valence-corrected chi connectivity index (χ0v) is 23.0. The number of rotatable bonds is 15. The number of carbonyl (C=O) groups is 2. The first-order valence-electron chi connectivity index (χ1n) is 11.6. The van der Waals surface area contributed by atoms with E-state index < -0.39 is 0 Å². The van der Waals surface area contributed by atoms with Crippen molar-refractivity contribution in [3.05, 3.63) is 29.8 Å². The lowest BCUT2D eigenvalue weighted by Crippen LogP contribution is -2.29. The highest BCUT2D eigenvalue weighted by atomic mass is 33.1. The molecule has 0 aromatic heterocycles. The van der Waals surface area contributed by atoms with Gasteiger partial charge in [0.15, 0.2) is 0 Å². The summed E-state index contributed by atoms with van der Waals surface area (Å²) in [5.74, 6) is 6.33. The summed E-state index contributed by atoms with van der Waals surface area (Å²) in [4.78, 5) is 23.9. The highest BCUT2D eigenvalue weighted by Gasteiger charge is 2.18. The van der Waals surface area contributed by atoms with Crippen LogP contribution in [0, 0.1) is 17.8 Å². The molecule has 1 aromatic rings. The van der Waals surface area contributed by atoms with Crippen LogP contribution in [0.4, 0.5) is 0 Å². The first-order valence-corrected chi connectivity index (χ1v) is 13.8. The van der Waals surface area contributed by atoms with Crippen LogP contribution < -0.4 is 21.1 Å². The third kappa shape index (κ3) is 16.4. The monoisotopic (exact) mass is 531 g/mol. The lowest BCUT2D eigenvalue weighted by molar-refractivity contribution is -0.126. The van der Waals surface area contributed by atoms with Crippen molar-refractivity contribution >= 4 is 33.4 Å². The van der Waals surface area contributed by atoms with Gasteiger partial charge in [0.25, 0.3) is 5.91 Å². The number of carbonyl (C=O) groups excluding carboxylic acids is 2. The molecule has 0 aliphatic rings. The van der Waals surface area contributed by atoms with E-state index in [4.69, 9.17) is 19.9 Å². The fraction of sp³-hybridized carbons (Fsp3) is 0.600. The third-order valence-corrected chi connectivity index (χ3v) is 7.36. The molecule has 1 rings (SSSR count). The summed E-state index contributed by atoms with van der Waals surface area (Å²) in [6, 6.07) is 6.98. The minimum absolute atomic E-state index is 0. The smallest absolute Gasteiger partial charge is 0.251 e. The van der Waals surface area contributed by atoms with Crippen LogP contribution >= 0.6 is 21.6 Å². The molecule has 0 saturated carbocycles. The van der Waals surface area contributed by atoms with E-state index in [0.717, 1.165) is 0 Å². The lowest BCUT2D eigenvalue weighted by Gasteiger charge is -2.22. The van der Waals surface area contributed by atoms with Gasteiger partial charge in [0.2, 0.25) is 5.91 Å². The molecule has 202 valence electrons. The minimum Gasteiger partial charge on any atom is -0.490 e. The largest absolute Gasteiger partial charge is 0.490 e. The van der Waals surface area contributed by atoms with Crippen LogP contribution in [0.3, 0.4) is 0 Å². The second kappa shape index (κ2) is 17.5. The summed E-state index contributed by atoms with van der Waals surface area (Å²) in [6.07, 6.45) is 0. The molecule has 35 heavy (non-hydrogen) atoms. The van der Waals surface area contributed by atoms with E-state index in [1.807, 2.05) is 13.8 Å². The molecule has 0 aliphatic heterocycles. The van der Waals surface area contributed by atoms with Gasteiger partial charge < -0.3 is 30.6 Å². The minimum atomic E-state index is -0.266. The van der Waals surface area contributed by atoms with E-state index >= 15 is 0 Å². The van der Waals surface area contributed by atoms with Crippen LogP contribution in [-0.2, 0) is 14.3 Å². The number of nitrogens with one attached hydrogen (secondary N) is 2. The lowest BCUT2D eigenvalue weighted by atomic mass is 10.2. The van der Waals surface area contributed by atoms with Gasteiger partial charge in [0.05, 0.1) is 19.8 Å². The number of hydrogen-bond donors (Lipinski definition) is 3. The van der Waals surface area contributed by atoms with Crippen molar-refractivity contribution in [3.63, 3.8) is 0 Å². The van der Waals surface area contributed by atoms with E-state index in [9.17, 15) is 9.59 Å². The Morgan fingerprint density at radius 2 is 1.97 bits per heavy atom. The highest BCUT2D eigenvalue weighted by Crippen LogP contribution is 2.38.